The molecule has 0 aliphatic carbocycles. The molecule has 4 nitrogen and oxygen atoms in total. The van der Waals surface area contributed by atoms with Gasteiger partial charge in [0.15, 0.2) is 5.16 Å². The van der Waals surface area contributed by atoms with Crippen molar-refractivity contribution in [2.24, 2.45) is 0 Å². The summed E-state index contributed by atoms with van der Waals surface area (Å²) in [7, 11) is 0. The number of amides is 1. The summed E-state index contributed by atoms with van der Waals surface area (Å²) in [6.45, 7) is 5.83. The van der Waals surface area contributed by atoms with Crippen molar-refractivity contribution in [2.45, 2.75) is 32.0 Å². The maximum atomic E-state index is 11.1. The lowest BCUT2D eigenvalue weighted by atomic mass is 10.2. The van der Waals surface area contributed by atoms with Crippen molar-refractivity contribution in [3.05, 3.63) is 17.8 Å². The van der Waals surface area contributed by atoms with E-state index in [1.165, 1.54) is 11.8 Å². The normalized spacial score (nSPS) is 11.1. The lowest BCUT2D eigenvalue weighted by molar-refractivity contribution is -0.107. The van der Waals surface area contributed by atoms with E-state index in [2.05, 4.69) is 9.97 Å². The van der Waals surface area contributed by atoms with Crippen LogP contribution < -0.4 is 4.90 Å². The molecule has 0 aliphatic heterocycles. The Morgan fingerprint density at radius 2 is 2.18 bits per heavy atom. The van der Waals surface area contributed by atoms with E-state index in [4.69, 9.17) is 0 Å². The predicted octanol–water partition coefficient (Wildman–Crippen LogP) is 2.60. The van der Waals surface area contributed by atoms with Crippen LogP contribution in [0.1, 0.15) is 26.3 Å². The molecule has 0 aliphatic rings. The van der Waals surface area contributed by atoms with Crippen LogP contribution in [0.25, 0.3) is 6.08 Å². The first-order valence-corrected chi connectivity index (χ1v) is 6.63. The molecule has 1 aromatic rings. The zero-order chi connectivity index (χ0) is 12.8. The summed E-state index contributed by atoms with van der Waals surface area (Å²) in [5, 5.41) is 0.667. The second-order valence-electron chi connectivity index (χ2n) is 3.74. The van der Waals surface area contributed by atoms with Gasteiger partial charge in [0, 0.05) is 17.8 Å². The quantitative estimate of drug-likeness (QED) is 0.458. The SMILES string of the molecule is C/C=C\c1cnc(SC)nc1N(C=O)C(C)C. The van der Waals surface area contributed by atoms with Crippen LogP contribution >= 0.6 is 11.8 Å². The minimum atomic E-state index is 0.0705. The van der Waals surface area contributed by atoms with E-state index in [1.807, 2.05) is 39.2 Å². The summed E-state index contributed by atoms with van der Waals surface area (Å²) in [6, 6.07) is 0.0705. The van der Waals surface area contributed by atoms with Gasteiger partial charge in [0.05, 0.1) is 0 Å². The fourth-order valence-corrected chi connectivity index (χ4v) is 1.72. The number of carbonyl (C=O) groups is 1. The molecule has 0 bridgehead atoms. The van der Waals surface area contributed by atoms with E-state index < -0.39 is 0 Å². The summed E-state index contributed by atoms with van der Waals surface area (Å²) in [4.78, 5) is 21.4. The van der Waals surface area contributed by atoms with Gasteiger partial charge in [-0.3, -0.25) is 9.69 Å². The van der Waals surface area contributed by atoms with Crippen molar-refractivity contribution in [2.75, 3.05) is 11.2 Å². The molecule has 0 atom stereocenters. The first kappa shape index (κ1) is 13.7. The average Bonchev–Trinajstić information content (AvgIpc) is 2.31. The van der Waals surface area contributed by atoms with Crippen molar-refractivity contribution in [3.8, 4) is 0 Å². The van der Waals surface area contributed by atoms with Crippen LogP contribution in [0, 0.1) is 0 Å². The summed E-state index contributed by atoms with van der Waals surface area (Å²) >= 11 is 1.46. The number of allylic oxidation sites excluding steroid dienone is 1. The van der Waals surface area contributed by atoms with E-state index in [9.17, 15) is 4.79 Å². The highest BCUT2D eigenvalue weighted by molar-refractivity contribution is 7.98. The average molecular weight is 251 g/mol. The molecule has 92 valence electrons. The molecule has 0 spiro atoms. The van der Waals surface area contributed by atoms with Crippen LogP contribution in [-0.4, -0.2) is 28.7 Å². The molecule has 0 N–H and O–H groups in total. The lowest BCUT2D eigenvalue weighted by Crippen LogP contribution is -2.30. The number of hydrogen-bond acceptors (Lipinski definition) is 4. The standard InChI is InChI=1S/C12H17N3OS/c1-5-6-10-7-13-12(17-4)14-11(10)15(8-16)9(2)3/h5-9H,1-4H3/b6-5-. The first-order chi connectivity index (χ1) is 8.13. The second-order valence-corrected chi connectivity index (χ2v) is 4.52. The zero-order valence-electron chi connectivity index (χ0n) is 10.5. The molecular formula is C12H17N3OS. The van der Waals surface area contributed by atoms with Crippen molar-refractivity contribution in [3.63, 3.8) is 0 Å². The fourth-order valence-electron chi connectivity index (χ4n) is 1.38. The Kier molecular flexibility index (Phi) is 5.15. The minimum Gasteiger partial charge on any atom is -0.296 e. The maximum absolute atomic E-state index is 11.1. The number of nitrogens with zero attached hydrogens (tertiary/aromatic N) is 3. The maximum Gasteiger partial charge on any atom is 0.215 e. The molecule has 0 fully saturated rings. The number of hydrogen-bond donors (Lipinski definition) is 0. The van der Waals surface area contributed by atoms with Gasteiger partial charge in [0.25, 0.3) is 0 Å². The third-order valence-electron chi connectivity index (χ3n) is 2.22. The molecular weight excluding hydrogens is 234 g/mol. The van der Waals surface area contributed by atoms with Gasteiger partial charge in [-0.25, -0.2) is 9.97 Å². The minimum absolute atomic E-state index is 0.0705. The number of rotatable bonds is 5. The van der Waals surface area contributed by atoms with E-state index in [0.29, 0.717) is 11.0 Å². The lowest BCUT2D eigenvalue weighted by Gasteiger charge is -2.22. The van der Waals surface area contributed by atoms with Gasteiger partial charge in [-0.05, 0) is 27.0 Å². The Hall–Kier alpha value is -1.36. The van der Waals surface area contributed by atoms with Gasteiger partial charge in [0.1, 0.15) is 5.82 Å². The van der Waals surface area contributed by atoms with Crippen LogP contribution in [0.5, 0.6) is 0 Å². The summed E-state index contributed by atoms with van der Waals surface area (Å²) in [6.07, 6.45) is 8.27. The summed E-state index contributed by atoms with van der Waals surface area (Å²) in [5.74, 6) is 0.660. The van der Waals surface area contributed by atoms with Crippen LogP contribution in [0.15, 0.2) is 17.4 Å². The van der Waals surface area contributed by atoms with E-state index >= 15 is 0 Å². The number of thioether (sulfide) groups is 1. The van der Waals surface area contributed by atoms with E-state index in [-0.39, 0.29) is 6.04 Å². The Morgan fingerprint density at radius 1 is 1.47 bits per heavy atom. The van der Waals surface area contributed by atoms with Crippen LogP contribution in [0.4, 0.5) is 5.82 Å². The fraction of sp³-hybridized carbons (Fsp3) is 0.417. The van der Waals surface area contributed by atoms with Gasteiger partial charge < -0.3 is 0 Å². The zero-order valence-corrected chi connectivity index (χ0v) is 11.4. The molecule has 1 amide bonds. The van der Waals surface area contributed by atoms with Crippen LogP contribution in [0.3, 0.4) is 0 Å². The van der Waals surface area contributed by atoms with Gasteiger partial charge in [0.2, 0.25) is 6.41 Å². The van der Waals surface area contributed by atoms with Crippen LogP contribution in [0.2, 0.25) is 0 Å². The van der Waals surface area contributed by atoms with Gasteiger partial charge in [-0.15, -0.1) is 0 Å². The molecule has 1 heterocycles. The molecule has 0 unspecified atom stereocenters. The number of anilines is 1. The summed E-state index contributed by atoms with van der Waals surface area (Å²) in [5.41, 5.74) is 0.853. The molecule has 0 aromatic carbocycles. The van der Waals surface area contributed by atoms with E-state index in [0.717, 1.165) is 12.0 Å². The Balaban J connectivity index is 3.29. The molecule has 0 saturated carbocycles. The highest BCUT2D eigenvalue weighted by atomic mass is 32.2. The molecule has 0 radical (unpaired) electrons. The Morgan fingerprint density at radius 3 is 2.65 bits per heavy atom. The van der Waals surface area contributed by atoms with Gasteiger partial charge in [-0.1, -0.05) is 23.9 Å². The number of aromatic nitrogens is 2. The number of carbonyl (C=O) groups excluding carboxylic acids is 1. The first-order valence-electron chi connectivity index (χ1n) is 5.41. The molecule has 5 heteroatoms. The third kappa shape index (κ3) is 3.30. The van der Waals surface area contributed by atoms with Gasteiger partial charge in [-0.2, -0.15) is 0 Å². The molecule has 1 aromatic heterocycles. The van der Waals surface area contributed by atoms with Crippen molar-refractivity contribution in [1.82, 2.24) is 9.97 Å². The largest absolute Gasteiger partial charge is 0.296 e. The second kappa shape index (κ2) is 6.39. The van der Waals surface area contributed by atoms with Crippen molar-refractivity contribution >= 4 is 30.1 Å². The third-order valence-corrected chi connectivity index (χ3v) is 2.78. The predicted molar refractivity (Wildman–Crippen MR) is 72.2 cm³/mol. The van der Waals surface area contributed by atoms with Gasteiger partial charge >= 0.3 is 0 Å². The van der Waals surface area contributed by atoms with E-state index in [1.54, 1.807) is 11.1 Å². The van der Waals surface area contributed by atoms with Crippen molar-refractivity contribution in [1.29, 1.82) is 0 Å². The van der Waals surface area contributed by atoms with Crippen LogP contribution in [-0.2, 0) is 4.79 Å². The summed E-state index contributed by atoms with van der Waals surface area (Å²) < 4.78 is 0. The smallest absolute Gasteiger partial charge is 0.215 e. The molecule has 0 saturated heterocycles. The Bertz CT molecular complexity index is 418. The monoisotopic (exact) mass is 251 g/mol. The Labute approximate surface area is 106 Å². The highest BCUT2D eigenvalue weighted by Crippen LogP contribution is 2.22. The topological polar surface area (TPSA) is 46.1 Å². The van der Waals surface area contributed by atoms with Crippen molar-refractivity contribution < 1.29 is 4.79 Å². The molecule has 1 rings (SSSR count). The molecule has 17 heavy (non-hydrogen) atoms. The highest BCUT2D eigenvalue weighted by Gasteiger charge is 2.15.